The standard InChI is InChI=1S/C20H23F3N6O6S/c1-12-4-3-5-14(10-12)36(33,34)28-15-7-6-13(2)29(17(15)31)11-16(30)25-8-9-35-27-19(24)26-18(32)20(21,22)23/h3-7,10,28H,8-9,11H2,1-2H3,(H,25,30)(H3,24,26,27,32). The fraction of sp³-hybridized carbons (Fsp3) is 0.300. The van der Waals surface area contributed by atoms with Crippen LogP contribution in [0.25, 0.3) is 0 Å². The summed E-state index contributed by atoms with van der Waals surface area (Å²) in [4.78, 5) is 40.3. The van der Waals surface area contributed by atoms with E-state index in [-0.39, 0.29) is 23.7 Å². The molecule has 1 aromatic heterocycles. The number of aromatic nitrogens is 1. The molecule has 0 fully saturated rings. The number of amides is 2. The molecule has 36 heavy (non-hydrogen) atoms. The maximum Gasteiger partial charge on any atom is 0.471 e. The number of nitrogens with two attached hydrogens (primary N) is 1. The Balaban J connectivity index is 1.96. The van der Waals surface area contributed by atoms with Gasteiger partial charge in [0.05, 0.1) is 11.4 Å². The Bertz CT molecular complexity index is 1320. The zero-order valence-corrected chi connectivity index (χ0v) is 19.9. The summed E-state index contributed by atoms with van der Waals surface area (Å²) in [5.74, 6) is -3.91. The molecule has 0 aliphatic rings. The van der Waals surface area contributed by atoms with Crippen molar-refractivity contribution < 1.29 is 36.0 Å². The smallest absolute Gasteiger partial charge is 0.391 e. The minimum Gasteiger partial charge on any atom is -0.391 e. The zero-order valence-electron chi connectivity index (χ0n) is 19.0. The van der Waals surface area contributed by atoms with Crippen molar-refractivity contribution >= 4 is 33.5 Å². The van der Waals surface area contributed by atoms with Gasteiger partial charge in [-0.05, 0) is 48.8 Å². The van der Waals surface area contributed by atoms with Crippen LogP contribution in [0.2, 0.25) is 0 Å². The van der Waals surface area contributed by atoms with Gasteiger partial charge < -0.3 is 20.5 Å². The lowest BCUT2D eigenvalue weighted by Gasteiger charge is -2.13. The van der Waals surface area contributed by atoms with Crippen molar-refractivity contribution in [1.29, 1.82) is 0 Å². The first-order valence-electron chi connectivity index (χ1n) is 10.1. The minimum absolute atomic E-state index is 0.0342. The Labute approximate surface area is 203 Å². The number of nitrogens with one attached hydrogen (secondary N) is 3. The van der Waals surface area contributed by atoms with Crippen molar-refractivity contribution in [1.82, 2.24) is 15.2 Å². The molecule has 16 heteroatoms. The highest BCUT2D eigenvalue weighted by Crippen LogP contribution is 2.15. The highest BCUT2D eigenvalue weighted by molar-refractivity contribution is 7.92. The van der Waals surface area contributed by atoms with E-state index in [0.29, 0.717) is 11.3 Å². The second-order valence-corrected chi connectivity index (χ2v) is 9.00. The molecular weight excluding hydrogens is 509 g/mol. The molecule has 5 N–H and O–H groups in total. The summed E-state index contributed by atoms with van der Waals surface area (Å²) in [5.41, 5.74) is 5.14. The number of hydrogen-bond donors (Lipinski definition) is 4. The molecule has 1 aromatic carbocycles. The Kier molecular flexibility index (Phi) is 9.05. The lowest BCUT2D eigenvalue weighted by Crippen LogP contribution is -2.44. The van der Waals surface area contributed by atoms with E-state index in [1.54, 1.807) is 26.0 Å². The van der Waals surface area contributed by atoms with E-state index >= 15 is 0 Å². The highest BCUT2D eigenvalue weighted by atomic mass is 32.2. The number of rotatable bonds is 9. The largest absolute Gasteiger partial charge is 0.471 e. The molecule has 1 heterocycles. The summed E-state index contributed by atoms with van der Waals surface area (Å²) < 4.78 is 64.9. The first-order valence-corrected chi connectivity index (χ1v) is 11.6. The average Bonchev–Trinajstić information content (AvgIpc) is 2.77. The molecule has 2 aromatic rings. The molecule has 0 atom stereocenters. The van der Waals surface area contributed by atoms with Crippen LogP contribution in [-0.2, 0) is 31.0 Å². The molecule has 0 saturated heterocycles. The van der Waals surface area contributed by atoms with E-state index in [2.05, 4.69) is 20.0 Å². The number of aryl methyl sites for hydroxylation is 2. The van der Waals surface area contributed by atoms with Gasteiger partial charge in [0.1, 0.15) is 18.8 Å². The minimum atomic E-state index is -5.15. The predicted molar refractivity (Wildman–Crippen MR) is 122 cm³/mol. The molecule has 196 valence electrons. The van der Waals surface area contributed by atoms with Crippen LogP contribution >= 0.6 is 0 Å². The number of pyridine rings is 1. The topological polar surface area (TPSA) is 174 Å². The quantitative estimate of drug-likeness (QED) is 0.156. The molecular formula is C20H23F3N6O6S. The van der Waals surface area contributed by atoms with Crippen molar-refractivity contribution in [2.24, 2.45) is 10.9 Å². The van der Waals surface area contributed by atoms with Crippen LogP contribution in [0.15, 0.2) is 51.2 Å². The van der Waals surface area contributed by atoms with E-state index in [4.69, 9.17) is 5.73 Å². The van der Waals surface area contributed by atoms with Gasteiger partial charge in [0, 0.05) is 5.69 Å². The second kappa shape index (κ2) is 11.6. The van der Waals surface area contributed by atoms with E-state index in [9.17, 15) is 36.0 Å². The number of carbonyl (C=O) groups excluding carboxylic acids is 2. The number of carbonyl (C=O) groups is 2. The molecule has 0 spiro atoms. The lowest BCUT2D eigenvalue weighted by molar-refractivity contribution is -0.171. The van der Waals surface area contributed by atoms with E-state index in [1.165, 1.54) is 29.6 Å². The van der Waals surface area contributed by atoms with E-state index in [0.717, 1.165) is 4.57 Å². The number of halogens is 3. The fourth-order valence-corrected chi connectivity index (χ4v) is 3.85. The molecule has 0 saturated carbocycles. The van der Waals surface area contributed by atoms with Gasteiger partial charge in [-0.2, -0.15) is 13.2 Å². The summed E-state index contributed by atoms with van der Waals surface area (Å²) in [7, 11) is -4.05. The van der Waals surface area contributed by atoms with Gasteiger partial charge >= 0.3 is 12.1 Å². The first kappa shape index (κ1) is 28.2. The van der Waals surface area contributed by atoms with Gasteiger partial charge in [0.25, 0.3) is 15.6 Å². The summed E-state index contributed by atoms with van der Waals surface area (Å²) in [5, 5.41) is 6.70. The molecule has 2 rings (SSSR count). The maximum atomic E-state index is 12.8. The summed E-state index contributed by atoms with van der Waals surface area (Å²) in [6.45, 7) is 2.31. The molecule has 0 aliphatic carbocycles. The second-order valence-electron chi connectivity index (χ2n) is 7.31. The zero-order chi connectivity index (χ0) is 27.1. The van der Waals surface area contributed by atoms with Crippen molar-refractivity contribution in [3.8, 4) is 0 Å². The Hall–Kier alpha value is -4.08. The van der Waals surface area contributed by atoms with Crippen LogP contribution in [0.5, 0.6) is 0 Å². The van der Waals surface area contributed by atoms with E-state index < -0.39 is 46.1 Å². The number of guanidine groups is 1. The van der Waals surface area contributed by atoms with Crippen molar-refractivity contribution in [3.63, 3.8) is 0 Å². The third-order valence-corrected chi connectivity index (χ3v) is 5.78. The van der Waals surface area contributed by atoms with Crippen LogP contribution in [0, 0.1) is 13.8 Å². The SMILES string of the molecule is Cc1cccc(S(=O)(=O)Nc2ccc(C)n(CC(=O)NCCON=C(N)NC(=O)C(F)(F)F)c2=O)c1. The van der Waals surface area contributed by atoms with Gasteiger partial charge in [-0.1, -0.05) is 12.1 Å². The number of anilines is 1. The highest BCUT2D eigenvalue weighted by Gasteiger charge is 2.39. The van der Waals surface area contributed by atoms with Gasteiger partial charge in [0.15, 0.2) is 0 Å². The molecule has 0 bridgehead atoms. The molecule has 0 unspecified atom stereocenters. The third-order valence-electron chi connectivity index (χ3n) is 4.42. The lowest BCUT2D eigenvalue weighted by atomic mass is 10.2. The Morgan fingerprint density at radius 3 is 2.50 bits per heavy atom. The number of oxime groups is 1. The van der Waals surface area contributed by atoms with Gasteiger partial charge in [0.2, 0.25) is 11.9 Å². The van der Waals surface area contributed by atoms with Crippen LogP contribution in [-0.4, -0.2) is 50.1 Å². The summed E-state index contributed by atoms with van der Waals surface area (Å²) >= 11 is 0. The molecule has 2 amide bonds. The normalized spacial score (nSPS) is 12.1. The summed E-state index contributed by atoms with van der Waals surface area (Å²) in [6, 6.07) is 8.83. The number of alkyl halides is 3. The Morgan fingerprint density at radius 1 is 1.17 bits per heavy atom. The third kappa shape index (κ3) is 8.00. The molecule has 0 aliphatic heterocycles. The van der Waals surface area contributed by atoms with E-state index in [1.807, 2.05) is 0 Å². The number of sulfonamides is 1. The number of hydrogen-bond acceptors (Lipinski definition) is 7. The van der Waals surface area contributed by atoms with Crippen LogP contribution in [0.1, 0.15) is 11.3 Å². The van der Waals surface area contributed by atoms with Gasteiger partial charge in [-0.25, -0.2) is 8.42 Å². The van der Waals surface area contributed by atoms with Gasteiger partial charge in [-0.3, -0.25) is 24.4 Å². The van der Waals surface area contributed by atoms with Crippen LogP contribution in [0.4, 0.5) is 18.9 Å². The van der Waals surface area contributed by atoms with Crippen LogP contribution in [0.3, 0.4) is 0 Å². The fourth-order valence-electron chi connectivity index (χ4n) is 2.69. The van der Waals surface area contributed by atoms with Crippen molar-refractivity contribution in [2.45, 2.75) is 31.5 Å². The first-order chi connectivity index (χ1) is 16.7. The molecule has 0 radical (unpaired) electrons. The van der Waals surface area contributed by atoms with Crippen LogP contribution < -0.4 is 26.6 Å². The predicted octanol–water partition coefficient (Wildman–Crippen LogP) is 0.307. The maximum absolute atomic E-state index is 12.8. The monoisotopic (exact) mass is 532 g/mol. The van der Waals surface area contributed by atoms with Crippen molar-refractivity contribution in [2.75, 3.05) is 17.9 Å². The van der Waals surface area contributed by atoms with Gasteiger partial charge in [-0.15, -0.1) is 0 Å². The average molecular weight is 533 g/mol. The number of benzene rings is 1. The van der Waals surface area contributed by atoms with Crippen molar-refractivity contribution in [3.05, 3.63) is 58.0 Å². The molecule has 12 nitrogen and oxygen atoms in total. The number of nitrogens with zero attached hydrogens (tertiary/aromatic N) is 2. The Morgan fingerprint density at radius 2 is 1.86 bits per heavy atom. The summed E-state index contributed by atoms with van der Waals surface area (Å²) in [6.07, 6.45) is -5.15.